The van der Waals surface area contributed by atoms with Crippen LogP contribution in [0.15, 0.2) is 48.5 Å². The standard InChI is InChI=1S/C27H30N4O8/c32-22-10-9-21(24(33)30-22)31-25(34)19-7-4-8-20(23(19)26(31)35)28-11-13-37-15-16-38-14-12-29-27(36)39-17-18-5-2-1-3-6-18/h1-8,21,28H,9-17H2,(H,29,36)(H,30,32,33). The van der Waals surface area contributed by atoms with Crippen LogP contribution in [0, 0.1) is 0 Å². The topological polar surface area (TPSA) is 152 Å². The summed E-state index contributed by atoms with van der Waals surface area (Å²) in [5.74, 6) is -2.19. The fourth-order valence-corrected chi connectivity index (χ4v) is 4.24. The number of piperidine rings is 1. The average Bonchev–Trinajstić information content (AvgIpc) is 3.19. The Balaban J connectivity index is 1.11. The minimum absolute atomic E-state index is 0.0633. The fraction of sp³-hybridized carbons (Fsp3) is 0.370. The van der Waals surface area contributed by atoms with Gasteiger partial charge in [0.1, 0.15) is 12.6 Å². The highest BCUT2D eigenvalue weighted by atomic mass is 16.5. The van der Waals surface area contributed by atoms with Crippen molar-refractivity contribution in [1.29, 1.82) is 0 Å². The van der Waals surface area contributed by atoms with Crippen LogP contribution in [0.5, 0.6) is 0 Å². The zero-order chi connectivity index (χ0) is 27.6. The Hall–Kier alpha value is -4.29. The van der Waals surface area contributed by atoms with E-state index in [2.05, 4.69) is 16.0 Å². The molecule has 0 radical (unpaired) electrons. The van der Waals surface area contributed by atoms with E-state index in [1.54, 1.807) is 12.1 Å². The highest BCUT2D eigenvalue weighted by Crippen LogP contribution is 2.32. The van der Waals surface area contributed by atoms with Crippen LogP contribution in [-0.2, 0) is 30.4 Å². The van der Waals surface area contributed by atoms with Crippen molar-refractivity contribution in [2.45, 2.75) is 25.5 Å². The van der Waals surface area contributed by atoms with Gasteiger partial charge in [0.05, 0.1) is 37.6 Å². The number of rotatable bonds is 13. The van der Waals surface area contributed by atoms with Gasteiger partial charge in [-0.2, -0.15) is 0 Å². The summed E-state index contributed by atoms with van der Waals surface area (Å²) in [6.45, 7) is 2.14. The van der Waals surface area contributed by atoms with Crippen LogP contribution in [0.3, 0.4) is 0 Å². The Morgan fingerprint density at radius 2 is 1.64 bits per heavy atom. The van der Waals surface area contributed by atoms with E-state index in [0.717, 1.165) is 10.5 Å². The molecule has 39 heavy (non-hydrogen) atoms. The van der Waals surface area contributed by atoms with Gasteiger partial charge in [-0.3, -0.25) is 29.4 Å². The number of benzene rings is 2. The third-order valence-electron chi connectivity index (χ3n) is 6.13. The van der Waals surface area contributed by atoms with Gasteiger partial charge in [-0.15, -0.1) is 0 Å². The summed E-state index contributed by atoms with van der Waals surface area (Å²) in [5, 5.41) is 7.90. The smallest absolute Gasteiger partial charge is 0.407 e. The molecule has 0 bridgehead atoms. The van der Waals surface area contributed by atoms with Gasteiger partial charge in [0.2, 0.25) is 11.8 Å². The second kappa shape index (κ2) is 13.5. The Morgan fingerprint density at radius 1 is 0.897 bits per heavy atom. The van der Waals surface area contributed by atoms with E-state index in [0.29, 0.717) is 45.2 Å². The third kappa shape index (κ3) is 7.18. The van der Waals surface area contributed by atoms with Crippen molar-refractivity contribution >= 4 is 35.4 Å². The lowest BCUT2D eigenvalue weighted by atomic mass is 10.0. The SMILES string of the molecule is O=C1CCC(N2C(=O)c3cccc(NCCOCCOCCNC(=O)OCc4ccccc4)c3C2=O)C(=O)N1. The first-order valence-electron chi connectivity index (χ1n) is 12.6. The largest absolute Gasteiger partial charge is 0.445 e. The number of hydrogen-bond acceptors (Lipinski definition) is 9. The van der Waals surface area contributed by atoms with E-state index >= 15 is 0 Å². The average molecular weight is 539 g/mol. The Kier molecular flexibility index (Phi) is 9.59. The van der Waals surface area contributed by atoms with Crippen LogP contribution in [0.2, 0.25) is 0 Å². The molecule has 0 aliphatic carbocycles. The first-order valence-corrected chi connectivity index (χ1v) is 12.6. The number of hydrogen-bond donors (Lipinski definition) is 3. The summed E-state index contributed by atoms with van der Waals surface area (Å²) in [6.07, 6.45) is -0.352. The van der Waals surface area contributed by atoms with Crippen LogP contribution in [0.4, 0.5) is 10.5 Å². The van der Waals surface area contributed by atoms with Crippen LogP contribution < -0.4 is 16.0 Å². The molecule has 0 saturated carbocycles. The fourth-order valence-electron chi connectivity index (χ4n) is 4.24. The maximum Gasteiger partial charge on any atom is 0.407 e. The molecule has 12 heteroatoms. The summed E-state index contributed by atoms with van der Waals surface area (Å²) < 4.78 is 16.1. The quantitative estimate of drug-likeness (QED) is 0.254. The molecule has 206 valence electrons. The molecule has 12 nitrogen and oxygen atoms in total. The van der Waals surface area contributed by atoms with Gasteiger partial charge >= 0.3 is 6.09 Å². The highest BCUT2D eigenvalue weighted by Gasteiger charge is 2.45. The molecule has 2 aromatic carbocycles. The van der Waals surface area contributed by atoms with E-state index in [1.807, 2.05) is 30.3 Å². The molecule has 1 atom stereocenters. The lowest BCUT2D eigenvalue weighted by Gasteiger charge is -2.27. The molecule has 0 spiro atoms. The summed E-state index contributed by atoms with van der Waals surface area (Å²) in [7, 11) is 0. The number of carbonyl (C=O) groups is 5. The summed E-state index contributed by atoms with van der Waals surface area (Å²) in [5.41, 5.74) is 1.78. The summed E-state index contributed by atoms with van der Waals surface area (Å²) >= 11 is 0. The molecule has 3 N–H and O–H groups in total. The molecule has 1 fully saturated rings. The number of imide groups is 2. The molecular formula is C27H30N4O8. The Morgan fingerprint density at radius 3 is 2.38 bits per heavy atom. The van der Waals surface area contributed by atoms with Gasteiger partial charge in [0, 0.05) is 25.2 Å². The first-order chi connectivity index (χ1) is 19.0. The second-order valence-corrected chi connectivity index (χ2v) is 8.82. The number of nitrogens with zero attached hydrogens (tertiary/aromatic N) is 1. The number of carbonyl (C=O) groups excluding carboxylic acids is 5. The van der Waals surface area contributed by atoms with Crippen LogP contribution in [0.1, 0.15) is 39.1 Å². The van der Waals surface area contributed by atoms with Crippen molar-refractivity contribution in [3.8, 4) is 0 Å². The molecule has 4 rings (SSSR count). The predicted octanol–water partition coefficient (Wildman–Crippen LogP) is 1.46. The van der Waals surface area contributed by atoms with Crippen LogP contribution >= 0.6 is 0 Å². The zero-order valence-electron chi connectivity index (χ0n) is 21.3. The second-order valence-electron chi connectivity index (χ2n) is 8.82. The van der Waals surface area contributed by atoms with Crippen molar-refractivity contribution in [2.75, 3.05) is 44.8 Å². The number of amides is 5. The molecule has 2 aromatic rings. The van der Waals surface area contributed by atoms with E-state index in [-0.39, 0.29) is 30.6 Å². The number of anilines is 1. The minimum Gasteiger partial charge on any atom is -0.445 e. The summed E-state index contributed by atoms with van der Waals surface area (Å²) in [6, 6.07) is 13.2. The van der Waals surface area contributed by atoms with Gasteiger partial charge in [-0.1, -0.05) is 36.4 Å². The van der Waals surface area contributed by atoms with E-state index in [1.165, 1.54) is 6.07 Å². The van der Waals surface area contributed by atoms with Crippen molar-refractivity contribution in [1.82, 2.24) is 15.5 Å². The van der Waals surface area contributed by atoms with E-state index in [9.17, 15) is 24.0 Å². The van der Waals surface area contributed by atoms with Crippen molar-refractivity contribution < 1.29 is 38.2 Å². The van der Waals surface area contributed by atoms with Crippen LogP contribution in [-0.4, -0.2) is 80.2 Å². The molecule has 5 amide bonds. The zero-order valence-corrected chi connectivity index (χ0v) is 21.3. The Labute approximate surface area is 225 Å². The van der Waals surface area contributed by atoms with Gasteiger partial charge in [0.25, 0.3) is 11.8 Å². The van der Waals surface area contributed by atoms with Crippen molar-refractivity contribution in [2.24, 2.45) is 0 Å². The molecule has 1 unspecified atom stereocenters. The van der Waals surface area contributed by atoms with Crippen molar-refractivity contribution in [3.05, 3.63) is 65.2 Å². The lowest BCUT2D eigenvalue weighted by Crippen LogP contribution is -2.54. The normalized spacial score (nSPS) is 16.6. The number of alkyl carbamates (subject to hydrolysis) is 1. The predicted molar refractivity (Wildman–Crippen MR) is 138 cm³/mol. The molecule has 2 aliphatic heterocycles. The maximum atomic E-state index is 13.1. The monoisotopic (exact) mass is 538 g/mol. The maximum absolute atomic E-state index is 13.1. The molecule has 2 aliphatic rings. The molecule has 2 heterocycles. The molecule has 1 saturated heterocycles. The van der Waals surface area contributed by atoms with E-state index in [4.69, 9.17) is 14.2 Å². The van der Waals surface area contributed by atoms with Gasteiger partial charge in [0.15, 0.2) is 0 Å². The Bertz CT molecular complexity index is 1220. The summed E-state index contributed by atoms with van der Waals surface area (Å²) in [4.78, 5) is 62.3. The number of nitrogens with one attached hydrogen (secondary N) is 3. The van der Waals surface area contributed by atoms with Crippen LogP contribution in [0.25, 0.3) is 0 Å². The van der Waals surface area contributed by atoms with Crippen molar-refractivity contribution in [3.63, 3.8) is 0 Å². The third-order valence-corrected chi connectivity index (χ3v) is 6.13. The number of ether oxygens (including phenoxy) is 3. The number of fused-ring (bicyclic) bond motifs is 1. The van der Waals surface area contributed by atoms with Gasteiger partial charge in [-0.05, 0) is 24.1 Å². The highest BCUT2D eigenvalue weighted by molar-refractivity contribution is 6.25. The van der Waals surface area contributed by atoms with Gasteiger partial charge in [-0.25, -0.2) is 4.79 Å². The minimum atomic E-state index is -1.01. The first kappa shape index (κ1) is 27.7. The molecular weight excluding hydrogens is 508 g/mol. The molecule has 0 aromatic heterocycles. The lowest BCUT2D eigenvalue weighted by molar-refractivity contribution is -0.136. The van der Waals surface area contributed by atoms with Gasteiger partial charge < -0.3 is 24.8 Å². The van der Waals surface area contributed by atoms with E-state index < -0.39 is 35.8 Å².